The summed E-state index contributed by atoms with van der Waals surface area (Å²) in [5.74, 6) is 0.229. The molecule has 0 bridgehead atoms. The summed E-state index contributed by atoms with van der Waals surface area (Å²) in [5, 5.41) is 13.9. The number of urea groups is 1. The van der Waals surface area contributed by atoms with Crippen LogP contribution in [-0.4, -0.2) is 37.9 Å². The number of aliphatic hydroxyl groups excluding tert-OH is 1. The highest BCUT2D eigenvalue weighted by atomic mass is 19.4. The number of hydrogen-bond acceptors (Lipinski definition) is 3. The Kier molecular flexibility index (Phi) is 6.89. The molecule has 1 atom stereocenters. The topological polar surface area (TPSA) is 64.6 Å². The van der Waals surface area contributed by atoms with E-state index in [1.807, 2.05) is 13.8 Å². The second-order valence-corrected chi connectivity index (χ2v) is 6.23. The number of aliphatic hydroxyl groups is 1. The Labute approximate surface area is 139 Å². The standard InChI is InChI=1S/C16H24F3N3O2/c1-10(2)7-11(9-23)20-15(24)21-14-6-5-12(22(3)4)8-13(14)16(17,18)19/h5-6,8,10-11,23H,7,9H2,1-4H3,(H2,20,21,24). The number of alkyl halides is 3. The first kappa shape index (κ1) is 20.1. The monoisotopic (exact) mass is 347 g/mol. The molecule has 3 N–H and O–H groups in total. The maximum absolute atomic E-state index is 13.2. The van der Waals surface area contributed by atoms with E-state index in [4.69, 9.17) is 0 Å². The minimum absolute atomic E-state index is 0.229. The zero-order chi connectivity index (χ0) is 18.5. The quantitative estimate of drug-likeness (QED) is 0.740. The Balaban J connectivity index is 2.95. The molecule has 0 fully saturated rings. The summed E-state index contributed by atoms with van der Waals surface area (Å²) in [6.45, 7) is 3.56. The Bertz CT molecular complexity index is 560. The SMILES string of the molecule is CC(C)CC(CO)NC(=O)Nc1ccc(N(C)C)cc1C(F)(F)F. The normalized spacial score (nSPS) is 12.9. The summed E-state index contributed by atoms with van der Waals surface area (Å²) in [6, 6.07) is 2.39. The summed E-state index contributed by atoms with van der Waals surface area (Å²) >= 11 is 0. The van der Waals surface area contributed by atoms with E-state index in [0.717, 1.165) is 6.07 Å². The third-order valence-corrected chi connectivity index (χ3v) is 3.38. The van der Waals surface area contributed by atoms with Crippen LogP contribution in [0, 0.1) is 5.92 Å². The maximum Gasteiger partial charge on any atom is 0.418 e. The van der Waals surface area contributed by atoms with Crippen molar-refractivity contribution in [1.82, 2.24) is 5.32 Å². The van der Waals surface area contributed by atoms with E-state index in [2.05, 4.69) is 10.6 Å². The number of amides is 2. The molecule has 8 heteroatoms. The van der Waals surface area contributed by atoms with Crippen LogP contribution in [0.1, 0.15) is 25.8 Å². The third kappa shape index (κ3) is 5.92. The predicted molar refractivity (Wildman–Crippen MR) is 88.3 cm³/mol. The molecule has 1 unspecified atom stereocenters. The van der Waals surface area contributed by atoms with Gasteiger partial charge in [0.25, 0.3) is 0 Å². The third-order valence-electron chi connectivity index (χ3n) is 3.38. The largest absolute Gasteiger partial charge is 0.418 e. The number of carbonyl (C=O) groups excluding carboxylic acids is 1. The number of anilines is 2. The number of nitrogens with one attached hydrogen (secondary N) is 2. The maximum atomic E-state index is 13.2. The molecule has 0 heterocycles. The van der Waals surface area contributed by atoms with Crippen molar-refractivity contribution in [3.8, 4) is 0 Å². The van der Waals surface area contributed by atoms with E-state index in [9.17, 15) is 23.1 Å². The zero-order valence-electron chi connectivity index (χ0n) is 14.2. The molecule has 0 aliphatic heterocycles. The average molecular weight is 347 g/mol. The molecule has 0 saturated heterocycles. The van der Waals surface area contributed by atoms with Crippen molar-refractivity contribution >= 4 is 17.4 Å². The molecule has 2 amide bonds. The van der Waals surface area contributed by atoms with Crippen LogP contribution in [0.25, 0.3) is 0 Å². The molecular weight excluding hydrogens is 323 g/mol. The van der Waals surface area contributed by atoms with Gasteiger partial charge in [-0.15, -0.1) is 0 Å². The molecule has 5 nitrogen and oxygen atoms in total. The summed E-state index contributed by atoms with van der Waals surface area (Å²) in [4.78, 5) is 13.5. The summed E-state index contributed by atoms with van der Waals surface area (Å²) in [6.07, 6.45) is -4.07. The molecule has 1 aromatic rings. The van der Waals surface area contributed by atoms with Crippen LogP contribution in [0.15, 0.2) is 18.2 Å². The van der Waals surface area contributed by atoms with E-state index >= 15 is 0 Å². The molecule has 0 aliphatic carbocycles. The number of carbonyl (C=O) groups is 1. The van der Waals surface area contributed by atoms with Gasteiger partial charge in [-0.2, -0.15) is 13.2 Å². The van der Waals surface area contributed by atoms with E-state index in [1.54, 1.807) is 19.0 Å². The molecular formula is C16H24F3N3O2. The molecule has 24 heavy (non-hydrogen) atoms. The second kappa shape index (κ2) is 8.23. The summed E-state index contributed by atoms with van der Waals surface area (Å²) in [7, 11) is 3.26. The molecule has 0 radical (unpaired) electrons. The minimum Gasteiger partial charge on any atom is -0.394 e. The van der Waals surface area contributed by atoms with E-state index in [-0.39, 0.29) is 18.2 Å². The first-order chi connectivity index (χ1) is 11.0. The molecule has 136 valence electrons. The van der Waals surface area contributed by atoms with Gasteiger partial charge in [-0.1, -0.05) is 13.8 Å². The molecule has 1 rings (SSSR count). The molecule has 0 aromatic heterocycles. The van der Waals surface area contributed by atoms with E-state index in [1.165, 1.54) is 12.1 Å². The number of nitrogens with zero attached hydrogens (tertiary/aromatic N) is 1. The smallest absolute Gasteiger partial charge is 0.394 e. The lowest BCUT2D eigenvalue weighted by atomic mass is 10.0. The van der Waals surface area contributed by atoms with Gasteiger partial charge in [0.1, 0.15) is 0 Å². The van der Waals surface area contributed by atoms with E-state index in [0.29, 0.717) is 12.1 Å². The minimum atomic E-state index is -4.59. The predicted octanol–water partition coefficient (Wildman–Crippen LogP) is 3.30. The molecule has 0 aliphatic rings. The highest BCUT2D eigenvalue weighted by Gasteiger charge is 2.34. The number of hydrogen-bond donors (Lipinski definition) is 3. The van der Waals surface area contributed by atoms with Crippen LogP contribution >= 0.6 is 0 Å². The van der Waals surface area contributed by atoms with Crippen LogP contribution in [0.2, 0.25) is 0 Å². The Morgan fingerprint density at radius 2 is 1.92 bits per heavy atom. The van der Waals surface area contributed by atoms with Crippen molar-refractivity contribution in [2.45, 2.75) is 32.5 Å². The number of halogens is 3. The fraction of sp³-hybridized carbons (Fsp3) is 0.562. The second-order valence-electron chi connectivity index (χ2n) is 6.23. The number of rotatable bonds is 6. The fourth-order valence-corrected chi connectivity index (χ4v) is 2.25. The van der Waals surface area contributed by atoms with Crippen molar-refractivity contribution in [3.05, 3.63) is 23.8 Å². The Morgan fingerprint density at radius 3 is 2.38 bits per heavy atom. The van der Waals surface area contributed by atoms with Crippen LogP contribution in [0.4, 0.5) is 29.3 Å². The van der Waals surface area contributed by atoms with Crippen molar-refractivity contribution in [3.63, 3.8) is 0 Å². The summed E-state index contributed by atoms with van der Waals surface area (Å²) < 4.78 is 39.6. The first-order valence-electron chi connectivity index (χ1n) is 7.61. The zero-order valence-corrected chi connectivity index (χ0v) is 14.2. The summed E-state index contributed by atoms with van der Waals surface area (Å²) in [5.41, 5.74) is -0.874. The van der Waals surface area contributed by atoms with Crippen LogP contribution in [0.3, 0.4) is 0 Å². The van der Waals surface area contributed by atoms with E-state index < -0.39 is 23.8 Å². The van der Waals surface area contributed by atoms with Gasteiger partial charge in [0.05, 0.1) is 23.9 Å². The van der Waals surface area contributed by atoms with Crippen molar-refractivity contribution < 1.29 is 23.1 Å². The lowest BCUT2D eigenvalue weighted by molar-refractivity contribution is -0.136. The van der Waals surface area contributed by atoms with Crippen LogP contribution < -0.4 is 15.5 Å². The lowest BCUT2D eigenvalue weighted by Crippen LogP contribution is -2.41. The highest BCUT2D eigenvalue weighted by molar-refractivity contribution is 5.90. The van der Waals surface area contributed by atoms with Gasteiger partial charge in [-0.05, 0) is 30.5 Å². The lowest BCUT2D eigenvalue weighted by Gasteiger charge is -2.21. The number of benzene rings is 1. The molecule has 0 spiro atoms. The van der Waals surface area contributed by atoms with Crippen molar-refractivity contribution in [1.29, 1.82) is 0 Å². The van der Waals surface area contributed by atoms with Gasteiger partial charge in [0.2, 0.25) is 0 Å². The van der Waals surface area contributed by atoms with Crippen LogP contribution in [-0.2, 0) is 6.18 Å². The van der Waals surface area contributed by atoms with Gasteiger partial charge in [0, 0.05) is 19.8 Å². The van der Waals surface area contributed by atoms with Crippen molar-refractivity contribution in [2.75, 3.05) is 30.9 Å². The van der Waals surface area contributed by atoms with Gasteiger partial charge in [-0.3, -0.25) is 0 Å². The average Bonchev–Trinajstić information content (AvgIpc) is 2.44. The van der Waals surface area contributed by atoms with Gasteiger partial charge in [0.15, 0.2) is 0 Å². The fourth-order valence-electron chi connectivity index (χ4n) is 2.25. The highest BCUT2D eigenvalue weighted by Crippen LogP contribution is 2.37. The molecule has 0 saturated carbocycles. The first-order valence-corrected chi connectivity index (χ1v) is 7.61. The van der Waals surface area contributed by atoms with Gasteiger partial charge >= 0.3 is 12.2 Å². The van der Waals surface area contributed by atoms with Crippen molar-refractivity contribution in [2.24, 2.45) is 5.92 Å². The van der Waals surface area contributed by atoms with Crippen LogP contribution in [0.5, 0.6) is 0 Å². The Hall–Kier alpha value is -1.96. The Morgan fingerprint density at radius 1 is 1.29 bits per heavy atom. The molecule has 1 aromatic carbocycles. The van der Waals surface area contributed by atoms with Gasteiger partial charge < -0.3 is 20.6 Å². The van der Waals surface area contributed by atoms with Gasteiger partial charge in [-0.25, -0.2) is 4.79 Å².